The van der Waals surface area contributed by atoms with Gasteiger partial charge in [-0.2, -0.15) is 5.26 Å². The molecule has 120 valence electrons. The summed E-state index contributed by atoms with van der Waals surface area (Å²) in [6.07, 6.45) is 0. The highest BCUT2D eigenvalue weighted by atomic mass is 16.5. The average Bonchev–Trinajstić information content (AvgIpc) is 2.94. The van der Waals surface area contributed by atoms with Gasteiger partial charge < -0.3 is 15.0 Å². The largest absolute Gasteiger partial charge is 0.465 e. The first-order valence-electron chi connectivity index (χ1n) is 7.61. The third-order valence-electron chi connectivity index (χ3n) is 4.10. The third-order valence-corrected chi connectivity index (χ3v) is 4.10. The lowest BCUT2D eigenvalue weighted by molar-refractivity contribution is 0.0601. The van der Waals surface area contributed by atoms with Gasteiger partial charge in [-0.05, 0) is 36.8 Å². The Hall–Kier alpha value is -3.26. The SMILES string of the molecule is CCn1c(-c2ccc(N)cc2)c(C#N)c2ccc(C(=O)OC)cc21. The Morgan fingerprint density at radius 3 is 2.54 bits per heavy atom. The Balaban J connectivity index is 2.34. The maximum atomic E-state index is 11.8. The Morgan fingerprint density at radius 2 is 1.96 bits per heavy atom. The van der Waals surface area contributed by atoms with Gasteiger partial charge in [0.05, 0.1) is 29.4 Å². The van der Waals surface area contributed by atoms with Crippen LogP contribution in [0.4, 0.5) is 5.69 Å². The summed E-state index contributed by atoms with van der Waals surface area (Å²) in [5.74, 6) is -0.395. The van der Waals surface area contributed by atoms with Crippen molar-refractivity contribution in [3.05, 3.63) is 53.6 Å². The van der Waals surface area contributed by atoms with E-state index in [-0.39, 0.29) is 0 Å². The fraction of sp³-hybridized carbons (Fsp3) is 0.158. The normalized spacial score (nSPS) is 10.5. The van der Waals surface area contributed by atoms with E-state index in [0.29, 0.717) is 23.4 Å². The maximum Gasteiger partial charge on any atom is 0.337 e. The number of esters is 1. The molecule has 5 heteroatoms. The van der Waals surface area contributed by atoms with Crippen molar-refractivity contribution in [2.45, 2.75) is 13.5 Å². The lowest BCUT2D eigenvalue weighted by Crippen LogP contribution is -2.02. The van der Waals surface area contributed by atoms with Crippen LogP contribution in [0.3, 0.4) is 0 Å². The van der Waals surface area contributed by atoms with Crippen molar-refractivity contribution in [1.82, 2.24) is 4.57 Å². The highest BCUT2D eigenvalue weighted by Gasteiger charge is 2.19. The molecular formula is C19H17N3O2. The van der Waals surface area contributed by atoms with Gasteiger partial charge in [-0.1, -0.05) is 18.2 Å². The first-order valence-corrected chi connectivity index (χ1v) is 7.61. The molecule has 2 aromatic carbocycles. The lowest BCUT2D eigenvalue weighted by atomic mass is 10.0. The number of hydrogen-bond donors (Lipinski definition) is 1. The van der Waals surface area contributed by atoms with Crippen molar-refractivity contribution in [3.63, 3.8) is 0 Å². The fourth-order valence-electron chi connectivity index (χ4n) is 2.98. The molecule has 0 radical (unpaired) electrons. The average molecular weight is 319 g/mol. The van der Waals surface area contributed by atoms with E-state index in [1.165, 1.54) is 7.11 Å². The summed E-state index contributed by atoms with van der Waals surface area (Å²) >= 11 is 0. The molecule has 5 nitrogen and oxygen atoms in total. The number of aromatic nitrogens is 1. The predicted octanol–water partition coefficient (Wildman–Crippen LogP) is 3.57. The Labute approximate surface area is 139 Å². The number of methoxy groups -OCH3 is 1. The van der Waals surface area contributed by atoms with E-state index >= 15 is 0 Å². The molecule has 0 atom stereocenters. The highest BCUT2D eigenvalue weighted by molar-refractivity contribution is 5.99. The molecule has 0 saturated heterocycles. The van der Waals surface area contributed by atoms with E-state index in [2.05, 4.69) is 6.07 Å². The van der Waals surface area contributed by atoms with E-state index in [0.717, 1.165) is 22.2 Å². The van der Waals surface area contributed by atoms with Crippen molar-refractivity contribution in [1.29, 1.82) is 5.26 Å². The first kappa shape index (κ1) is 15.6. The number of anilines is 1. The molecule has 0 aliphatic carbocycles. The molecule has 0 spiro atoms. The van der Waals surface area contributed by atoms with Gasteiger partial charge in [-0.25, -0.2) is 4.79 Å². The molecule has 24 heavy (non-hydrogen) atoms. The number of nitrogens with zero attached hydrogens (tertiary/aromatic N) is 2. The summed E-state index contributed by atoms with van der Waals surface area (Å²) in [6.45, 7) is 2.68. The molecular weight excluding hydrogens is 302 g/mol. The van der Waals surface area contributed by atoms with E-state index < -0.39 is 5.97 Å². The molecule has 0 amide bonds. The first-order chi connectivity index (χ1) is 11.6. The van der Waals surface area contributed by atoms with Crippen molar-refractivity contribution < 1.29 is 9.53 Å². The second kappa shape index (κ2) is 6.09. The van der Waals surface area contributed by atoms with Gasteiger partial charge in [-0.3, -0.25) is 0 Å². The minimum Gasteiger partial charge on any atom is -0.465 e. The number of rotatable bonds is 3. The maximum absolute atomic E-state index is 11.8. The topological polar surface area (TPSA) is 81.0 Å². The lowest BCUT2D eigenvalue weighted by Gasteiger charge is -2.09. The van der Waals surface area contributed by atoms with Crippen LogP contribution < -0.4 is 5.73 Å². The molecule has 0 fully saturated rings. The summed E-state index contributed by atoms with van der Waals surface area (Å²) in [6, 6.07) is 15.0. The molecule has 0 aliphatic heterocycles. The van der Waals surface area contributed by atoms with Crippen LogP contribution in [0.15, 0.2) is 42.5 Å². The van der Waals surface area contributed by atoms with E-state index in [9.17, 15) is 10.1 Å². The van der Waals surface area contributed by atoms with Gasteiger partial charge in [0.25, 0.3) is 0 Å². The number of ether oxygens (including phenoxy) is 1. The van der Waals surface area contributed by atoms with Crippen LogP contribution in [-0.2, 0) is 11.3 Å². The molecule has 1 aromatic heterocycles. The van der Waals surface area contributed by atoms with Gasteiger partial charge in [0.2, 0.25) is 0 Å². The third kappa shape index (κ3) is 2.38. The van der Waals surface area contributed by atoms with Gasteiger partial charge in [0.15, 0.2) is 0 Å². The summed E-state index contributed by atoms with van der Waals surface area (Å²) in [4.78, 5) is 11.8. The zero-order valence-electron chi connectivity index (χ0n) is 13.5. The predicted molar refractivity (Wildman–Crippen MR) is 93.5 cm³/mol. The van der Waals surface area contributed by atoms with E-state index in [1.807, 2.05) is 35.8 Å². The molecule has 3 aromatic rings. The Bertz CT molecular complexity index is 963. The number of hydrogen-bond acceptors (Lipinski definition) is 4. The quantitative estimate of drug-likeness (QED) is 0.591. The minimum atomic E-state index is -0.395. The van der Waals surface area contributed by atoms with Crippen LogP contribution in [-0.4, -0.2) is 17.6 Å². The number of nitrogen functional groups attached to an aromatic ring is 1. The number of nitriles is 1. The van der Waals surface area contributed by atoms with Crippen LogP contribution in [0.25, 0.3) is 22.2 Å². The number of aryl methyl sites for hydroxylation is 1. The second-order valence-electron chi connectivity index (χ2n) is 5.43. The van der Waals surface area contributed by atoms with E-state index in [1.54, 1.807) is 18.2 Å². The van der Waals surface area contributed by atoms with Crippen LogP contribution in [0.2, 0.25) is 0 Å². The Morgan fingerprint density at radius 1 is 1.25 bits per heavy atom. The molecule has 0 unspecified atom stereocenters. The molecule has 0 bridgehead atoms. The second-order valence-corrected chi connectivity index (χ2v) is 5.43. The summed E-state index contributed by atoms with van der Waals surface area (Å²) in [5, 5.41) is 10.5. The smallest absolute Gasteiger partial charge is 0.337 e. The van der Waals surface area contributed by atoms with Gasteiger partial charge in [-0.15, -0.1) is 0 Å². The minimum absolute atomic E-state index is 0.395. The summed E-state index contributed by atoms with van der Waals surface area (Å²) in [5.41, 5.74) is 10.1. The number of nitrogens with two attached hydrogens (primary N) is 1. The van der Waals surface area contributed by atoms with Crippen LogP contribution in [0.5, 0.6) is 0 Å². The molecule has 1 heterocycles. The van der Waals surface area contributed by atoms with Gasteiger partial charge >= 0.3 is 5.97 Å². The van der Waals surface area contributed by atoms with E-state index in [4.69, 9.17) is 10.5 Å². The zero-order chi connectivity index (χ0) is 17.3. The molecule has 0 aliphatic rings. The van der Waals surface area contributed by atoms with Crippen molar-refractivity contribution in [3.8, 4) is 17.3 Å². The van der Waals surface area contributed by atoms with Crippen LogP contribution in [0, 0.1) is 11.3 Å². The number of benzene rings is 2. The summed E-state index contributed by atoms with van der Waals surface area (Å²) < 4.78 is 6.83. The number of fused-ring (bicyclic) bond motifs is 1. The van der Waals surface area contributed by atoms with Gasteiger partial charge in [0, 0.05) is 17.6 Å². The van der Waals surface area contributed by atoms with Crippen molar-refractivity contribution in [2.75, 3.05) is 12.8 Å². The molecule has 3 rings (SSSR count). The number of carbonyl (C=O) groups excluding carboxylic acids is 1. The fourth-order valence-corrected chi connectivity index (χ4v) is 2.98. The summed E-state index contributed by atoms with van der Waals surface area (Å²) in [7, 11) is 1.35. The zero-order valence-corrected chi connectivity index (χ0v) is 13.5. The number of carbonyl (C=O) groups is 1. The monoisotopic (exact) mass is 319 g/mol. The molecule has 0 saturated carbocycles. The Kier molecular flexibility index (Phi) is 3.97. The van der Waals surface area contributed by atoms with Crippen molar-refractivity contribution in [2.24, 2.45) is 0 Å². The van der Waals surface area contributed by atoms with Crippen LogP contribution in [0.1, 0.15) is 22.8 Å². The van der Waals surface area contributed by atoms with Crippen LogP contribution >= 0.6 is 0 Å². The standard InChI is InChI=1S/C19H17N3O2/c1-3-22-17-10-13(19(23)24-2)6-9-15(17)16(11-20)18(22)12-4-7-14(21)8-5-12/h4-10H,3,21H2,1-2H3. The van der Waals surface area contributed by atoms with Gasteiger partial charge in [0.1, 0.15) is 6.07 Å². The molecule has 2 N–H and O–H groups in total. The highest BCUT2D eigenvalue weighted by Crippen LogP contribution is 2.34. The van der Waals surface area contributed by atoms with Crippen molar-refractivity contribution >= 4 is 22.6 Å².